The van der Waals surface area contributed by atoms with Crippen LogP contribution in [-0.2, 0) is 6.61 Å². The molecule has 0 N–H and O–H groups in total. The molecule has 2 aromatic rings. The second-order valence-corrected chi connectivity index (χ2v) is 5.31. The van der Waals surface area contributed by atoms with E-state index >= 15 is 0 Å². The largest absolute Gasteiger partial charge is 0.489 e. The molecule has 2 aromatic carbocycles. The van der Waals surface area contributed by atoms with Crippen LogP contribution in [0.15, 0.2) is 42.5 Å². The Morgan fingerprint density at radius 3 is 2.17 bits per heavy atom. The molecule has 0 heterocycles. The Balaban J connectivity index is 0.00000139. The van der Waals surface area contributed by atoms with Gasteiger partial charge in [0.25, 0.3) is 0 Å². The molecule has 24 heavy (non-hydrogen) atoms. The zero-order valence-corrected chi connectivity index (χ0v) is 14.8. The highest BCUT2D eigenvalue weighted by Crippen LogP contribution is 2.28. The van der Waals surface area contributed by atoms with Crippen molar-refractivity contribution in [3.63, 3.8) is 0 Å². The van der Waals surface area contributed by atoms with E-state index in [1.54, 1.807) is 37.3 Å². The lowest BCUT2D eigenvalue weighted by atomic mass is 9.97. The highest BCUT2D eigenvalue weighted by atomic mass is 35.5. The minimum atomic E-state index is -2.39. The van der Waals surface area contributed by atoms with Gasteiger partial charge in [-0.1, -0.05) is 50.6 Å². The number of benzene rings is 2. The summed E-state index contributed by atoms with van der Waals surface area (Å²) in [5.74, 6) is -0.741. The molecule has 0 aliphatic carbocycles. The van der Waals surface area contributed by atoms with Crippen LogP contribution in [0.3, 0.4) is 0 Å². The minimum Gasteiger partial charge on any atom is -0.489 e. The highest BCUT2D eigenvalue weighted by molar-refractivity contribution is 6.31. The van der Waals surface area contributed by atoms with Crippen LogP contribution < -0.4 is 4.74 Å². The first-order valence-electron chi connectivity index (χ1n) is 7.96. The van der Waals surface area contributed by atoms with Crippen LogP contribution >= 0.6 is 11.6 Å². The highest BCUT2D eigenvalue weighted by Gasteiger charge is 2.20. The second-order valence-electron chi connectivity index (χ2n) is 4.91. The summed E-state index contributed by atoms with van der Waals surface area (Å²) in [6, 6.07) is 10.8. The van der Waals surface area contributed by atoms with Crippen molar-refractivity contribution < 1.29 is 17.9 Å². The van der Waals surface area contributed by atoms with E-state index in [9.17, 15) is 13.2 Å². The van der Waals surface area contributed by atoms with Gasteiger partial charge in [-0.3, -0.25) is 0 Å². The van der Waals surface area contributed by atoms with Crippen molar-refractivity contribution in [1.82, 2.24) is 0 Å². The van der Waals surface area contributed by atoms with E-state index in [0.717, 1.165) is 0 Å². The molecule has 0 saturated heterocycles. The van der Waals surface area contributed by atoms with Crippen molar-refractivity contribution in [3.05, 3.63) is 64.4 Å². The van der Waals surface area contributed by atoms with Crippen LogP contribution in [0.1, 0.15) is 44.2 Å². The molecule has 0 spiro atoms. The quantitative estimate of drug-likeness (QED) is 0.549. The topological polar surface area (TPSA) is 9.23 Å². The van der Waals surface area contributed by atoms with Gasteiger partial charge in [-0.15, -0.1) is 0 Å². The lowest BCUT2D eigenvalue weighted by molar-refractivity contribution is 0.112. The summed E-state index contributed by atoms with van der Waals surface area (Å²) in [5, 5.41) is 0.292. The predicted molar refractivity (Wildman–Crippen MR) is 92.6 cm³/mol. The predicted octanol–water partition coefficient (Wildman–Crippen LogP) is 6.84. The van der Waals surface area contributed by atoms with Gasteiger partial charge in [0.1, 0.15) is 18.2 Å². The zero-order chi connectivity index (χ0) is 18.1. The van der Waals surface area contributed by atoms with Crippen LogP contribution in [0.4, 0.5) is 13.2 Å². The van der Waals surface area contributed by atoms with E-state index in [2.05, 4.69) is 0 Å². The average molecular weight is 359 g/mol. The maximum Gasteiger partial charge on any atom is 0.245 e. The molecule has 1 atom stereocenters. The Morgan fingerprint density at radius 2 is 1.67 bits per heavy atom. The molecule has 0 radical (unpaired) electrons. The lowest BCUT2D eigenvalue weighted by Crippen LogP contribution is -2.07. The Kier molecular flexibility index (Phi) is 8.69. The Bertz CT molecular complexity index is 594. The molecule has 0 saturated carbocycles. The third-order valence-corrected chi connectivity index (χ3v) is 3.85. The van der Waals surface area contributed by atoms with Crippen LogP contribution in [0.25, 0.3) is 0 Å². The molecule has 1 nitrogen and oxygen atoms in total. The smallest absolute Gasteiger partial charge is 0.245 e. The van der Waals surface area contributed by atoms with E-state index in [0.29, 0.717) is 22.8 Å². The van der Waals surface area contributed by atoms with Gasteiger partial charge >= 0.3 is 0 Å². The number of hydrogen-bond acceptors (Lipinski definition) is 1. The molecule has 0 amide bonds. The number of rotatable bonds is 6. The molecule has 5 heteroatoms. The maximum absolute atomic E-state index is 13.6. The molecule has 0 bridgehead atoms. The fraction of sp³-hybridized carbons (Fsp3) is 0.368. The summed E-state index contributed by atoms with van der Waals surface area (Å²) in [5.41, 5.74) is 0.834. The summed E-state index contributed by atoms with van der Waals surface area (Å²) in [6.45, 7) is 5.71. The summed E-state index contributed by atoms with van der Waals surface area (Å²) >= 11 is 5.91. The summed E-state index contributed by atoms with van der Waals surface area (Å²) in [7, 11) is 0. The van der Waals surface area contributed by atoms with Gasteiger partial charge in [-0.25, -0.2) is 13.2 Å². The second kappa shape index (κ2) is 10.2. The van der Waals surface area contributed by atoms with E-state index in [1.165, 1.54) is 12.1 Å². The van der Waals surface area contributed by atoms with E-state index in [1.807, 2.05) is 13.8 Å². The third kappa shape index (κ3) is 5.45. The van der Waals surface area contributed by atoms with Gasteiger partial charge in [0.2, 0.25) is 6.43 Å². The van der Waals surface area contributed by atoms with Crippen molar-refractivity contribution >= 4 is 11.6 Å². The summed E-state index contributed by atoms with van der Waals surface area (Å²) in [6.07, 6.45) is -2.03. The number of ether oxygens (including phenoxy) is 1. The molecule has 1 unspecified atom stereocenters. The van der Waals surface area contributed by atoms with E-state index in [-0.39, 0.29) is 12.2 Å². The van der Waals surface area contributed by atoms with Gasteiger partial charge < -0.3 is 4.74 Å². The minimum absolute atomic E-state index is 0.0170. The van der Waals surface area contributed by atoms with Crippen LogP contribution in [0.5, 0.6) is 5.75 Å². The third-order valence-electron chi connectivity index (χ3n) is 3.50. The Hall–Kier alpha value is -1.68. The van der Waals surface area contributed by atoms with Gasteiger partial charge in [0.15, 0.2) is 0 Å². The molecule has 0 aliphatic heterocycles. The van der Waals surface area contributed by atoms with Gasteiger partial charge in [0, 0.05) is 11.5 Å². The van der Waals surface area contributed by atoms with E-state index in [4.69, 9.17) is 16.3 Å². The summed E-state index contributed by atoms with van der Waals surface area (Å²) in [4.78, 5) is 0. The molecule has 2 rings (SSSR count). The van der Waals surface area contributed by atoms with E-state index < -0.39 is 18.2 Å². The first-order chi connectivity index (χ1) is 11.5. The van der Waals surface area contributed by atoms with Crippen molar-refractivity contribution in [2.75, 3.05) is 0 Å². The molecule has 0 aromatic heterocycles. The van der Waals surface area contributed by atoms with Crippen LogP contribution in [0.2, 0.25) is 5.02 Å². The van der Waals surface area contributed by atoms with Crippen molar-refractivity contribution in [1.29, 1.82) is 0 Å². The number of hydrogen-bond donors (Lipinski definition) is 0. The molecule has 0 fully saturated rings. The fourth-order valence-corrected chi connectivity index (χ4v) is 2.41. The van der Waals surface area contributed by atoms with Gasteiger partial charge in [-0.05, 0) is 36.2 Å². The first kappa shape index (κ1) is 20.4. The average Bonchev–Trinajstić information content (AvgIpc) is 2.58. The number of halogens is 4. The van der Waals surface area contributed by atoms with Crippen molar-refractivity contribution in [2.45, 2.75) is 46.1 Å². The Labute approximate surface area is 146 Å². The van der Waals surface area contributed by atoms with Gasteiger partial charge in [0.05, 0.1) is 5.02 Å². The number of alkyl halides is 2. The summed E-state index contributed by atoms with van der Waals surface area (Å²) < 4.78 is 44.8. The van der Waals surface area contributed by atoms with Crippen molar-refractivity contribution in [2.24, 2.45) is 0 Å². The lowest BCUT2D eigenvalue weighted by Gasteiger charge is -2.15. The Morgan fingerprint density at radius 1 is 1.04 bits per heavy atom. The first-order valence-corrected chi connectivity index (χ1v) is 8.34. The van der Waals surface area contributed by atoms with Crippen molar-refractivity contribution in [3.8, 4) is 5.75 Å². The van der Waals surface area contributed by atoms with Crippen LogP contribution in [-0.4, -0.2) is 6.43 Å². The zero-order valence-electron chi connectivity index (χ0n) is 14.0. The maximum atomic E-state index is 13.6. The molecule has 0 aliphatic rings. The monoisotopic (exact) mass is 358 g/mol. The SMILES string of the molecule is CC.CCC(c1ccc(OCc2c(F)cccc2Cl)cc1)C(F)F. The standard InChI is InChI=1S/C17H16ClF3O.C2H6/c1-2-13(17(20)21)11-6-8-12(9-7-11)22-10-14-15(18)4-3-5-16(14)19;1-2/h3-9,13,17H,2,10H2,1H3;1-2H3. The van der Waals surface area contributed by atoms with Gasteiger partial charge in [-0.2, -0.15) is 0 Å². The van der Waals surface area contributed by atoms with Crippen LogP contribution in [0, 0.1) is 5.82 Å². The molecular formula is C19H22ClF3O. The molecular weight excluding hydrogens is 337 g/mol. The normalized spacial score (nSPS) is 11.7. The molecule has 132 valence electrons. The fourth-order valence-electron chi connectivity index (χ4n) is 2.20.